The van der Waals surface area contributed by atoms with Crippen LogP contribution in [0.4, 0.5) is 5.69 Å². The summed E-state index contributed by atoms with van der Waals surface area (Å²) in [6, 6.07) is 12.9. The van der Waals surface area contributed by atoms with Crippen LogP contribution in [0, 0.1) is 0 Å². The largest absolute Gasteiger partial charge is 0.478 e. The van der Waals surface area contributed by atoms with Crippen LogP contribution in [0.1, 0.15) is 15.9 Å². The molecule has 0 aliphatic heterocycles. The quantitative estimate of drug-likeness (QED) is 0.768. The summed E-state index contributed by atoms with van der Waals surface area (Å²) in [5, 5.41) is 12.2. The molecule has 3 aromatic rings. The van der Waals surface area contributed by atoms with Crippen molar-refractivity contribution >= 4 is 33.2 Å². The van der Waals surface area contributed by atoms with E-state index in [1.54, 1.807) is 23.5 Å². The van der Waals surface area contributed by atoms with Crippen molar-refractivity contribution in [3.05, 3.63) is 59.1 Å². The van der Waals surface area contributed by atoms with E-state index in [4.69, 9.17) is 5.11 Å². The van der Waals surface area contributed by atoms with E-state index in [0.717, 1.165) is 21.5 Å². The van der Waals surface area contributed by atoms with E-state index in [2.05, 4.69) is 16.4 Å². The zero-order valence-corrected chi connectivity index (χ0v) is 11.4. The van der Waals surface area contributed by atoms with Crippen LogP contribution < -0.4 is 5.32 Å². The Bertz CT molecular complexity index is 750. The Labute approximate surface area is 119 Å². The van der Waals surface area contributed by atoms with Gasteiger partial charge >= 0.3 is 5.97 Å². The van der Waals surface area contributed by atoms with E-state index in [0.29, 0.717) is 12.1 Å². The lowest BCUT2D eigenvalue weighted by Gasteiger charge is -2.06. The first-order valence-corrected chi connectivity index (χ1v) is 7.00. The number of carboxylic acid groups (broad SMARTS) is 1. The van der Waals surface area contributed by atoms with Crippen molar-refractivity contribution in [2.45, 2.75) is 6.54 Å². The normalized spacial score (nSPS) is 10.6. The van der Waals surface area contributed by atoms with Gasteiger partial charge < -0.3 is 10.4 Å². The van der Waals surface area contributed by atoms with Gasteiger partial charge in [0.15, 0.2) is 0 Å². The van der Waals surface area contributed by atoms with Gasteiger partial charge in [0.25, 0.3) is 0 Å². The molecule has 2 aromatic carbocycles. The Balaban J connectivity index is 1.70. The number of thiazole rings is 1. The average Bonchev–Trinajstić information content (AvgIpc) is 2.93. The predicted octanol–water partition coefficient (Wildman–Crippen LogP) is 3.61. The lowest BCUT2D eigenvalue weighted by atomic mass is 10.1. The van der Waals surface area contributed by atoms with Crippen LogP contribution in [-0.2, 0) is 6.54 Å². The molecule has 0 fully saturated rings. The minimum atomic E-state index is -0.903. The van der Waals surface area contributed by atoms with Crippen molar-refractivity contribution in [2.24, 2.45) is 0 Å². The van der Waals surface area contributed by atoms with Gasteiger partial charge in [0.1, 0.15) is 0 Å². The fourth-order valence-corrected chi connectivity index (χ4v) is 2.65. The van der Waals surface area contributed by atoms with E-state index in [9.17, 15) is 4.79 Å². The topological polar surface area (TPSA) is 62.2 Å². The molecule has 0 atom stereocenters. The second-order valence-corrected chi connectivity index (χ2v) is 5.28. The highest BCUT2D eigenvalue weighted by Gasteiger charge is 2.02. The van der Waals surface area contributed by atoms with Gasteiger partial charge in [-0.05, 0) is 35.9 Å². The van der Waals surface area contributed by atoms with Crippen LogP contribution in [0.3, 0.4) is 0 Å². The van der Waals surface area contributed by atoms with Crippen molar-refractivity contribution in [1.82, 2.24) is 4.98 Å². The Morgan fingerprint density at radius 2 is 2.00 bits per heavy atom. The van der Waals surface area contributed by atoms with E-state index in [1.807, 2.05) is 29.8 Å². The van der Waals surface area contributed by atoms with Gasteiger partial charge in [-0.2, -0.15) is 0 Å². The number of aromatic nitrogens is 1. The van der Waals surface area contributed by atoms with Gasteiger partial charge in [0.2, 0.25) is 0 Å². The first kappa shape index (κ1) is 12.6. The summed E-state index contributed by atoms with van der Waals surface area (Å²) >= 11 is 1.61. The molecule has 5 heteroatoms. The zero-order chi connectivity index (χ0) is 13.9. The van der Waals surface area contributed by atoms with Crippen LogP contribution in [0.5, 0.6) is 0 Å². The van der Waals surface area contributed by atoms with E-state index < -0.39 is 5.97 Å². The van der Waals surface area contributed by atoms with Gasteiger partial charge in [-0.15, -0.1) is 11.3 Å². The lowest BCUT2D eigenvalue weighted by molar-refractivity contribution is 0.0697. The number of carboxylic acids is 1. The summed E-state index contributed by atoms with van der Waals surface area (Å²) in [5.74, 6) is -0.903. The SMILES string of the molecule is O=C(O)c1ccc(CNc2ccc3ncsc3c2)cc1. The number of fused-ring (bicyclic) bond motifs is 1. The van der Waals surface area contributed by atoms with Crippen molar-refractivity contribution in [1.29, 1.82) is 0 Å². The molecule has 1 heterocycles. The highest BCUT2D eigenvalue weighted by atomic mass is 32.1. The Morgan fingerprint density at radius 1 is 1.20 bits per heavy atom. The Kier molecular flexibility index (Phi) is 3.35. The third-order valence-corrected chi connectivity index (χ3v) is 3.82. The molecule has 100 valence electrons. The molecule has 0 saturated heterocycles. The highest BCUT2D eigenvalue weighted by Crippen LogP contribution is 2.22. The van der Waals surface area contributed by atoms with E-state index in [-0.39, 0.29) is 0 Å². The number of nitrogens with one attached hydrogen (secondary N) is 1. The summed E-state index contributed by atoms with van der Waals surface area (Å²) in [6.45, 7) is 0.657. The number of carbonyl (C=O) groups is 1. The molecule has 1 aromatic heterocycles. The first-order valence-electron chi connectivity index (χ1n) is 6.12. The van der Waals surface area contributed by atoms with Crippen LogP contribution in [0.15, 0.2) is 48.0 Å². The monoisotopic (exact) mass is 284 g/mol. The van der Waals surface area contributed by atoms with Crippen molar-refractivity contribution in [3.63, 3.8) is 0 Å². The van der Waals surface area contributed by atoms with Crippen molar-refractivity contribution in [2.75, 3.05) is 5.32 Å². The minimum Gasteiger partial charge on any atom is -0.478 e. The maximum atomic E-state index is 10.8. The molecule has 20 heavy (non-hydrogen) atoms. The third kappa shape index (κ3) is 2.62. The molecule has 2 N–H and O–H groups in total. The molecule has 0 amide bonds. The number of hydrogen-bond donors (Lipinski definition) is 2. The maximum absolute atomic E-state index is 10.8. The molecule has 0 spiro atoms. The summed E-state index contributed by atoms with van der Waals surface area (Å²) in [6.07, 6.45) is 0. The second-order valence-electron chi connectivity index (χ2n) is 4.39. The number of nitrogens with zero attached hydrogens (tertiary/aromatic N) is 1. The molecule has 0 radical (unpaired) electrons. The molecular weight excluding hydrogens is 272 g/mol. The first-order chi connectivity index (χ1) is 9.72. The lowest BCUT2D eigenvalue weighted by Crippen LogP contribution is -2.01. The van der Waals surface area contributed by atoms with Gasteiger partial charge in [0, 0.05) is 12.2 Å². The average molecular weight is 284 g/mol. The van der Waals surface area contributed by atoms with Gasteiger partial charge in [-0.1, -0.05) is 12.1 Å². The maximum Gasteiger partial charge on any atom is 0.335 e. The van der Waals surface area contributed by atoms with E-state index in [1.165, 1.54) is 0 Å². The standard InChI is InChI=1S/C15H12N2O2S/c18-15(19)11-3-1-10(2-4-11)8-16-12-5-6-13-14(7-12)20-9-17-13/h1-7,9,16H,8H2,(H,18,19). The molecular formula is C15H12N2O2S. The number of hydrogen-bond acceptors (Lipinski definition) is 4. The molecule has 0 bridgehead atoms. The zero-order valence-electron chi connectivity index (χ0n) is 10.5. The predicted molar refractivity (Wildman–Crippen MR) is 80.3 cm³/mol. The van der Waals surface area contributed by atoms with E-state index >= 15 is 0 Å². The molecule has 3 rings (SSSR count). The van der Waals surface area contributed by atoms with Crippen LogP contribution >= 0.6 is 11.3 Å². The Morgan fingerprint density at radius 3 is 2.75 bits per heavy atom. The number of rotatable bonds is 4. The smallest absolute Gasteiger partial charge is 0.335 e. The number of aromatic carboxylic acids is 1. The van der Waals surface area contributed by atoms with Gasteiger partial charge in [0.05, 0.1) is 21.3 Å². The molecule has 0 unspecified atom stereocenters. The molecule has 0 aliphatic carbocycles. The van der Waals surface area contributed by atoms with Crippen molar-refractivity contribution in [3.8, 4) is 0 Å². The fourth-order valence-electron chi connectivity index (χ4n) is 1.93. The third-order valence-electron chi connectivity index (χ3n) is 3.03. The Hall–Kier alpha value is -2.40. The minimum absolute atomic E-state index is 0.305. The van der Waals surface area contributed by atoms with Crippen LogP contribution in [0.25, 0.3) is 10.2 Å². The fraction of sp³-hybridized carbons (Fsp3) is 0.0667. The molecule has 0 saturated carbocycles. The second kappa shape index (κ2) is 5.30. The molecule has 0 aliphatic rings. The van der Waals surface area contributed by atoms with Crippen molar-refractivity contribution < 1.29 is 9.90 Å². The summed E-state index contributed by atoms with van der Waals surface area (Å²) in [7, 11) is 0. The summed E-state index contributed by atoms with van der Waals surface area (Å²) < 4.78 is 1.15. The van der Waals surface area contributed by atoms with Gasteiger partial charge in [-0.3, -0.25) is 0 Å². The van der Waals surface area contributed by atoms with Gasteiger partial charge in [-0.25, -0.2) is 9.78 Å². The van der Waals surface area contributed by atoms with Crippen LogP contribution in [-0.4, -0.2) is 16.1 Å². The molecule has 4 nitrogen and oxygen atoms in total. The highest BCUT2D eigenvalue weighted by molar-refractivity contribution is 7.16. The van der Waals surface area contributed by atoms with Crippen LogP contribution in [0.2, 0.25) is 0 Å². The number of anilines is 1. The number of benzene rings is 2. The summed E-state index contributed by atoms with van der Waals surface area (Å²) in [4.78, 5) is 15.0. The summed E-state index contributed by atoms with van der Waals surface area (Å²) in [5.41, 5.74) is 5.22.